The van der Waals surface area contributed by atoms with E-state index in [9.17, 15) is 4.79 Å². The summed E-state index contributed by atoms with van der Waals surface area (Å²) in [5.74, 6) is -0.111. The predicted octanol–water partition coefficient (Wildman–Crippen LogP) is 3.88. The summed E-state index contributed by atoms with van der Waals surface area (Å²) in [7, 11) is 0. The Hall–Kier alpha value is -2.62. The summed E-state index contributed by atoms with van der Waals surface area (Å²) in [6, 6.07) is 11.6. The standard InChI is InChI=1S/C18H19N3O/c1-18(2,3)15-6-4-5-7-16(15)20-17(22)13-8-9-21-12-19-11-14(21)10-13/h4-12H,1-3H3,(H,20,22). The number of carbonyl (C=O) groups excluding carboxylic acids is 1. The van der Waals surface area contributed by atoms with Crippen molar-refractivity contribution in [2.24, 2.45) is 0 Å². The van der Waals surface area contributed by atoms with E-state index in [1.165, 1.54) is 0 Å². The summed E-state index contributed by atoms with van der Waals surface area (Å²) in [5, 5.41) is 3.02. The SMILES string of the molecule is CC(C)(C)c1ccccc1NC(=O)c1ccn2cncc2c1. The lowest BCUT2D eigenvalue weighted by atomic mass is 9.86. The second-order valence-corrected chi connectivity index (χ2v) is 6.39. The first-order valence-electron chi connectivity index (χ1n) is 7.28. The maximum atomic E-state index is 12.5. The molecule has 4 nitrogen and oxygen atoms in total. The molecule has 0 fully saturated rings. The van der Waals surface area contributed by atoms with E-state index in [-0.39, 0.29) is 11.3 Å². The molecule has 1 aromatic carbocycles. The first-order chi connectivity index (χ1) is 10.4. The van der Waals surface area contributed by atoms with Gasteiger partial charge in [-0.2, -0.15) is 0 Å². The van der Waals surface area contributed by atoms with Gasteiger partial charge >= 0.3 is 0 Å². The molecule has 0 aliphatic carbocycles. The summed E-state index contributed by atoms with van der Waals surface area (Å²) in [5.41, 5.74) is 3.47. The van der Waals surface area contributed by atoms with E-state index in [0.29, 0.717) is 5.56 Å². The Bertz CT molecular complexity index is 827. The highest BCUT2D eigenvalue weighted by Gasteiger charge is 2.19. The van der Waals surface area contributed by atoms with Crippen LogP contribution in [0.3, 0.4) is 0 Å². The van der Waals surface area contributed by atoms with Crippen LogP contribution < -0.4 is 5.32 Å². The molecule has 0 aliphatic rings. The highest BCUT2D eigenvalue weighted by atomic mass is 16.1. The van der Waals surface area contributed by atoms with Crippen LogP contribution in [-0.2, 0) is 5.41 Å². The molecule has 0 spiro atoms. The van der Waals surface area contributed by atoms with Crippen molar-refractivity contribution in [2.75, 3.05) is 5.32 Å². The van der Waals surface area contributed by atoms with Crippen LogP contribution in [0.2, 0.25) is 0 Å². The van der Waals surface area contributed by atoms with Crippen molar-refractivity contribution in [1.29, 1.82) is 0 Å². The van der Waals surface area contributed by atoms with Gasteiger partial charge in [-0.1, -0.05) is 39.0 Å². The highest BCUT2D eigenvalue weighted by molar-refractivity contribution is 6.05. The number of nitrogens with one attached hydrogen (secondary N) is 1. The van der Waals surface area contributed by atoms with E-state index in [1.54, 1.807) is 18.6 Å². The number of imidazole rings is 1. The zero-order chi connectivity index (χ0) is 15.7. The van der Waals surface area contributed by atoms with Crippen molar-refractivity contribution in [1.82, 2.24) is 9.38 Å². The summed E-state index contributed by atoms with van der Waals surface area (Å²) < 4.78 is 1.87. The molecule has 2 heterocycles. The summed E-state index contributed by atoms with van der Waals surface area (Å²) in [4.78, 5) is 16.6. The summed E-state index contributed by atoms with van der Waals surface area (Å²) >= 11 is 0. The monoisotopic (exact) mass is 293 g/mol. The largest absolute Gasteiger partial charge is 0.322 e. The summed E-state index contributed by atoms with van der Waals surface area (Å²) in [6.07, 6.45) is 5.29. The fraction of sp³-hybridized carbons (Fsp3) is 0.222. The molecule has 3 aromatic rings. The van der Waals surface area contributed by atoms with Crippen LogP contribution >= 0.6 is 0 Å². The molecule has 0 radical (unpaired) electrons. The minimum absolute atomic E-state index is 0.0285. The van der Waals surface area contributed by atoms with Crippen molar-refractivity contribution in [2.45, 2.75) is 26.2 Å². The van der Waals surface area contributed by atoms with Crippen molar-refractivity contribution >= 4 is 17.1 Å². The quantitative estimate of drug-likeness (QED) is 0.779. The number of benzene rings is 1. The first-order valence-corrected chi connectivity index (χ1v) is 7.28. The van der Waals surface area contributed by atoms with E-state index >= 15 is 0 Å². The highest BCUT2D eigenvalue weighted by Crippen LogP contribution is 2.29. The zero-order valence-electron chi connectivity index (χ0n) is 13.0. The van der Waals surface area contributed by atoms with Crippen LogP contribution in [0, 0.1) is 0 Å². The number of amides is 1. The molecular formula is C18H19N3O. The minimum Gasteiger partial charge on any atom is -0.322 e. The van der Waals surface area contributed by atoms with Crippen molar-refractivity contribution in [3.05, 3.63) is 66.2 Å². The van der Waals surface area contributed by atoms with Gasteiger partial charge in [-0.25, -0.2) is 4.98 Å². The van der Waals surface area contributed by atoms with E-state index in [2.05, 4.69) is 37.1 Å². The fourth-order valence-electron chi connectivity index (χ4n) is 2.50. The maximum Gasteiger partial charge on any atom is 0.255 e. The van der Waals surface area contributed by atoms with Crippen LogP contribution in [0.5, 0.6) is 0 Å². The number of rotatable bonds is 2. The van der Waals surface area contributed by atoms with E-state index < -0.39 is 0 Å². The summed E-state index contributed by atoms with van der Waals surface area (Å²) in [6.45, 7) is 6.41. The zero-order valence-corrected chi connectivity index (χ0v) is 13.0. The van der Waals surface area contributed by atoms with Gasteiger partial charge in [0.25, 0.3) is 5.91 Å². The molecule has 3 rings (SSSR count). The van der Waals surface area contributed by atoms with Gasteiger partial charge in [-0.05, 0) is 29.2 Å². The van der Waals surface area contributed by atoms with E-state index in [4.69, 9.17) is 0 Å². The molecule has 1 amide bonds. The van der Waals surface area contributed by atoms with Crippen LogP contribution in [0.4, 0.5) is 5.69 Å². The smallest absolute Gasteiger partial charge is 0.255 e. The number of fused-ring (bicyclic) bond motifs is 1. The number of hydrogen-bond acceptors (Lipinski definition) is 2. The molecule has 0 unspecified atom stereocenters. The normalized spacial score (nSPS) is 11.6. The van der Waals surface area contributed by atoms with Gasteiger partial charge in [0, 0.05) is 17.4 Å². The van der Waals surface area contributed by atoms with Crippen LogP contribution in [0.15, 0.2) is 55.1 Å². The Labute approximate surface area is 129 Å². The molecular weight excluding hydrogens is 274 g/mol. The van der Waals surface area contributed by atoms with Crippen molar-refractivity contribution in [3.8, 4) is 0 Å². The van der Waals surface area contributed by atoms with Crippen LogP contribution in [0.25, 0.3) is 5.52 Å². The average Bonchev–Trinajstić information content (AvgIpc) is 2.94. The Morgan fingerprint density at radius 1 is 1.18 bits per heavy atom. The number of anilines is 1. The third-order valence-electron chi connectivity index (χ3n) is 3.66. The number of para-hydroxylation sites is 1. The molecule has 112 valence electrons. The van der Waals surface area contributed by atoms with Gasteiger partial charge < -0.3 is 9.72 Å². The number of nitrogens with zero attached hydrogens (tertiary/aromatic N) is 2. The number of hydrogen-bond donors (Lipinski definition) is 1. The number of aromatic nitrogens is 2. The van der Waals surface area contributed by atoms with Gasteiger partial charge in [0.15, 0.2) is 0 Å². The van der Waals surface area contributed by atoms with Gasteiger partial charge in [0.1, 0.15) is 0 Å². The van der Waals surface area contributed by atoms with Gasteiger partial charge in [-0.3, -0.25) is 4.79 Å². The Morgan fingerprint density at radius 2 is 1.95 bits per heavy atom. The maximum absolute atomic E-state index is 12.5. The molecule has 0 saturated heterocycles. The molecule has 0 bridgehead atoms. The Kier molecular flexibility index (Phi) is 3.45. The topological polar surface area (TPSA) is 46.4 Å². The van der Waals surface area contributed by atoms with Crippen molar-refractivity contribution in [3.63, 3.8) is 0 Å². The van der Waals surface area contributed by atoms with Crippen molar-refractivity contribution < 1.29 is 4.79 Å². The second-order valence-electron chi connectivity index (χ2n) is 6.39. The molecule has 0 aliphatic heterocycles. The lowest BCUT2D eigenvalue weighted by Gasteiger charge is -2.23. The average molecular weight is 293 g/mol. The van der Waals surface area contributed by atoms with Gasteiger partial charge in [0.05, 0.1) is 18.0 Å². The second kappa shape index (κ2) is 5.30. The number of pyridine rings is 1. The third kappa shape index (κ3) is 2.72. The lowest BCUT2D eigenvalue weighted by Crippen LogP contribution is -2.18. The molecule has 2 aromatic heterocycles. The molecule has 22 heavy (non-hydrogen) atoms. The Balaban J connectivity index is 1.91. The number of carbonyl (C=O) groups is 1. The van der Waals surface area contributed by atoms with E-state index in [1.807, 2.05) is 34.9 Å². The fourth-order valence-corrected chi connectivity index (χ4v) is 2.50. The minimum atomic E-state index is -0.111. The Morgan fingerprint density at radius 3 is 2.73 bits per heavy atom. The molecule has 0 atom stereocenters. The first kappa shape index (κ1) is 14.3. The van der Waals surface area contributed by atoms with E-state index in [0.717, 1.165) is 16.8 Å². The predicted molar refractivity (Wildman–Crippen MR) is 88.3 cm³/mol. The van der Waals surface area contributed by atoms with Crippen LogP contribution in [-0.4, -0.2) is 15.3 Å². The van der Waals surface area contributed by atoms with Gasteiger partial charge in [-0.15, -0.1) is 0 Å². The van der Waals surface area contributed by atoms with Crippen LogP contribution in [0.1, 0.15) is 36.7 Å². The molecule has 1 N–H and O–H groups in total. The molecule has 0 saturated carbocycles. The van der Waals surface area contributed by atoms with Gasteiger partial charge in [0.2, 0.25) is 0 Å². The molecule has 4 heteroatoms. The lowest BCUT2D eigenvalue weighted by molar-refractivity contribution is 0.102. The third-order valence-corrected chi connectivity index (χ3v) is 3.66.